The second-order valence-electron chi connectivity index (χ2n) is 4.32. The number of carbonyl (C=O) groups is 1. The summed E-state index contributed by atoms with van der Waals surface area (Å²) >= 11 is 0.718. The molecule has 0 bridgehead atoms. The van der Waals surface area contributed by atoms with E-state index in [0.717, 1.165) is 28.5 Å². The topological polar surface area (TPSA) is 43.1 Å². The van der Waals surface area contributed by atoms with Crippen molar-refractivity contribution in [2.75, 3.05) is 0 Å². The van der Waals surface area contributed by atoms with E-state index in [-0.39, 0.29) is 12.3 Å². The average molecular weight is 299 g/mol. The minimum atomic E-state index is -4.30. The van der Waals surface area contributed by atoms with E-state index in [4.69, 9.17) is 5.73 Å². The first-order valence-electron chi connectivity index (χ1n) is 5.91. The molecule has 0 spiro atoms. The standard InChI is InChI=1S/C14H12F3NOS/c15-14(16,17)12-7-6-11(20-12)10-4-1-9(2-5-10)3-8-13(18)19/h1-2,4-7H,3,8H2,(H2,18,19). The van der Waals surface area contributed by atoms with Gasteiger partial charge < -0.3 is 5.73 Å². The number of rotatable bonds is 4. The van der Waals surface area contributed by atoms with Crippen molar-refractivity contribution in [3.8, 4) is 10.4 Å². The molecule has 0 radical (unpaired) electrons. The number of thiophene rings is 1. The molecule has 0 aliphatic carbocycles. The first-order chi connectivity index (χ1) is 9.36. The van der Waals surface area contributed by atoms with Gasteiger partial charge in [-0.25, -0.2) is 0 Å². The van der Waals surface area contributed by atoms with Gasteiger partial charge in [0.15, 0.2) is 0 Å². The van der Waals surface area contributed by atoms with Crippen LogP contribution in [-0.2, 0) is 17.4 Å². The number of nitrogens with two attached hydrogens (primary N) is 1. The Morgan fingerprint density at radius 3 is 2.25 bits per heavy atom. The lowest BCUT2D eigenvalue weighted by Gasteiger charge is -2.03. The molecule has 0 aliphatic rings. The van der Waals surface area contributed by atoms with Gasteiger partial charge in [-0.1, -0.05) is 24.3 Å². The first kappa shape index (κ1) is 14.6. The number of alkyl halides is 3. The van der Waals surface area contributed by atoms with Crippen molar-refractivity contribution in [3.05, 3.63) is 46.8 Å². The van der Waals surface area contributed by atoms with Gasteiger partial charge in [0.2, 0.25) is 5.91 Å². The number of carbonyl (C=O) groups excluding carboxylic acids is 1. The fraction of sp³-hybridized carbons (Fsp3) is 0.214. The summed E-state index contributed by atoms with van der Waals surface area (Å²) in [4.78, 5) is 10.6. The highest BCUT2D eigenvalue weighted by Crippen LogP contribution is 2.38. The van der Waals surface area contributed by atoms with Crippen LogP contribution in [0.25, 0.3) is 10.4 Å². The maximum Gasteiger partial charge on any atom is 0.425 e. The summed E-state index contributed by atoms with van der Waals surface area (Å²) < 4.78 is 37.6. The number of hydrogen-bond acceptors (Lipinski definition) is 2. The molecule has 1 aromatic carbocycles. The van der Waals surface area contributed by atoms with Crippen molar-refractivity contribution in [2.24, 2.45) is 5.73 Å². The third-order valence-electron chi connectivity index (χ3n) is 2.78. The van der Waals surface area contributed by atoms with Crippen LogP contribution in [0.5, 0.6) is 0 Å². The number of halogens is 3. The average Bonchev–Trinajstić information content (AvgIpc) is 2.86. The molecule has 1 aromatic heterocycles. The fourth-order valence-electron chi connectivity index (χ4n) is 1.75. The number of hydrogen-bond donors (Lipinski definition) is 1. The third-order valence-corrected chi connectivity index (χ3v) is 3.96. The predicted molar refractivity (Wildman–Crippen MR) is 72.3 cm³/mol. The Hall–Kier alpha value is -1.82. The van der Waals surface area contributed by atoms with E-state index >= 15 is 0 Å². The van der Waals surface area contributed by atoms with Crippen molar-refractivity contribution < 1.29 is 18.0 Å². The van der Waals surface area contributed by atoms with Crippen molar-refractivity contribution in [1.29, 1.82) is 0 Å². The Kier molecular flexibility index (Phi) is 4.13. The van der Waals surface area contributed by atoms with Crippen LogP contribution < -0.4 is 5.73 Å². The largest absolute Gasteiger partial charge is 0.425 e. The Morgan fingerprint density at radius 1 is 1.10 bits per heavy atom. The van der Waals surface area contributed by atoms with Crippen LogP contribution in [-0.4, -0.2) is 5.91 Å². The Balaban J connectivity index is 2.14. The molecule has 0 saturated heterocycles. The van der Waals surface area contributed by atoms with Crippen LogP contribution in [0.15, 0.2) is 36.4 Å². The quantitative estimate of drug-likeness (QED) is 0.915. The van der Waals surface area contributed by atoms with Gasteiger partial charge in [-0.15, -0.1) is 11.3 Å². The van der Waals surface area contributed by atoms with E-state index in [1.54, 1.807) is 24.3 Å². The van der Waals surface area contributed by atoms with E-state index in [0.29, 0.717) is 11.3 Å². The molecule has 6 heteroatoms. The zero-order chi connectivity index (χ0) is 14.8. The molecular weight excluding hydrogens is 287 g/mol. The van der Waals surface area contributed by atoms with Gasteiger partial charge in [0, 0.05) is 11.3 Å². The summed E-state index contributed by atoms with van der Waals surface area (Å²) in [6, 6.07) is 9.65. The second kappa shape index (κ2) is 5.66. The van der Waals surface area contributed by atoms with E-state index in [1.165, 1.54) is 6.07 Å². The molecule has 106 valence electrons. The van der Waals surface area contributed by atoms with Crippen LogP contribution in [0.4, 0.5) is 13.2 Å². The van der Waals surface area contributed by atoms with Crippen LogP contribution in [0.1, 0.15) is 16.9 Å². The minimum Gasteiger partial charge on any atom is -0.370 e. The zero-order valence-electron chi connectivity index (χ0n) is 10.4. The van der Waals surface area contributed by atoms with E-state index in [2.05, 4.69) is 0 Å². The molecule has 2 rings (SSSR count). The lowest BCUT2D eigenvalue weighted by atomic mass is 10.1. The molecule has 20 heavy (non-hydrogen) atoms. The lowest BCUT2D eigenvalue weighted by molar-refractivity contribution is -0.134. The van der Waals surface area contributed by atoms with Crippen LogP contribution in [0.3, 0.4) is 0 Å². The van der Waals surface area contributed by atoms with Crippen molar-refractivity contribution >= 4 is 17.2 Å². The van der Waals surface area contributed by atoms with Gasteiger partial charge in [-0.3, -0.25) is 4.79 Å². The Bertz CT molecular complexity index is 602. The molecule has 1 heterocycles. The maximum atomic E-state index is 12.5. The van der Waals surface area contributed by atoms with Gasteiger partial charge in [-0.05, 0) is 29.7 Å². The molecule has 0 saturated carbocycles. The Morgan fingerprint density at radius 2 is 1.75 bits per heavy atom. The van der Waals surface area contributed by atoms with E-state index in [9.17, 15) is 18.0 Å². The summed E-state index contributed by atoms with van der Waals surface area (Å²) in [5, 5.41) is 0. The van der Waals surface area contributed by atoms with Crippen molar-refractivity contribution in [1.82, 2.24) is 0 Å². The number of aryl methyl sites for hydroxylation is 1. The molecule has 2 aromatic rings. The number of primary amides is 1. The number of amides is 1. The zero-order valence-corrected chi connectivity index (χ0v) is 11.2. The molecule has 1 amide bonds. The van der Waals surface area contributed by atoms with Crippen LogP contribution in [0, 0.1) is 0 Å². The van der Waals surface area contributed by atoms with Gasteiger partial charge >= 0.3 is 6.18 Å². The Labute approximate surface area is 118 Å². The maximum absolute atomic E-state index is 12.5. The van der Waals surface area contributed by atoms with Crippen LogP contribution >= 0.6 is 11.3 Å². The molecular formula is C14H12F3NOS. The van der Waals surface area contributed by atoms with E-state index in [1.807, 2.05) is 0 Å². The SMILES string of the molecule is NC(=O)CCc1ccc(-c2ccc(C(F)(F)F)s2)cc1. The van der Waals surface area contributed by atoms with Crippen LogP contribution in [0.2, 0.25) is 0 Å². The summed E-state index contributed by atoms with van der Waals surface area (Å²) in [6.07, 6.45) is -3.51. The van der Waals surface area contributed by atoms with E-state index < -0.39 is 11.1 Å². The highest BCUT2D eigenvalue weighted by Gasteiger charge is 2.32. The van der Waals surface area contributed by atoms with Gasteiger partial charge in [0.05, 0.1) is 0 Å². The lowest BCUT2D eigenvalue weighted by Crippen LogP contribution is -2.11. The highest BCUT2D eigenvalue weighted by molar-refractivity contribution is 7.15. The second-order valence-corrected chi connectivity index (χ2v) is 5.41. The molecule has 0 atom stereocenters. The summed E-state index contributed by atoms with van der Waals surface area (Å²) in [6.45, 7) is 0. The summed E-state index contributed by atoms with van der Waals surface area (Å²) in [7, 11) is 0. The molecule has 0 unspecified atom stereocenters. The normalized spacial score (nSPS) is 11.6. The molecule has 0 aliphatic heterocycles. The molecule has 0 fully saturated rings. The summed E-state index contributed by atoms with van der Waals surface area (Å²) in [5.41, 5.74) is 6.72. The number of benzene rings is 1. The minimum absolute atomic E-state index is 0.260. The smallest absolute Gasteiger partial charge is 0.370 e. The summed E-state index contributed by atoms with van der Waals surface area (Å²) in [5.74, 6) is -0.373. The van der Waals surface area contributed by atoms with Gasteiger partial charge in [0.1, 0.15) is 4.88 Å². The predicted octanol–water partition coefficient (Wildman–Crippen LogP) is 3.85. The molecule has 2 nitrogen and oxygen atoms in total. The van der Waals surface area contributed by atoms with Crippen molar-refractivity contribution in [2.45, 2.75) is 19.0 Å². The van der Waals surface area contributed by atoms with Gasteiger partial charge in [-0.2, -0.15) is 13.2 Å². The monoisotopic (exact) mass is 299 g/mol. The highest BCUT2D eigenvalue weighted by atomic mass is 32.1. The first-order valence-corrected chi connectivity index (χ1v) is 6.72. The fourth-order valence-corrected chi connectivity index (χ4v) is 2.63. The van der Waals surface area contributed by atoms with Gasteiger partial charge in [0.25, 0.3) is 0 Å². The third kappa shape index (κ3) is 3.60. The van der Waals surface area contributed by atoms with Crippen molar-refractivity contribution in [3.63, 3.8) is 0 Å². The molecule has 2 N–H and O–H groups in total.